The number of ether oxygens (including phenoxy) is 1. The van der Waals surface area contributed by atoms with Gasteiger partial charge < -0.3 is 9.15 Å². The number of halogens is 3. The Labute approximate surface area is 218 Å². The Kier molecular flexibility index (Phi) is 6.66. The first kappa shape index (κ1) is 25.5. The lowest BCUT2D eigenvalue weighted by molar-refractivity contribution is -0.139. The van der Waals surface area contributed by atoms with Gasteiger partial charge in [-0.1, -0.05) is 53.8 Å². The molecule has 6 nitrogen and oxygen atoms in total. The molecular weight excluding hydrogens is 517 g/mol. The van der Waals surface area contributed by atoms with Crippen LogP contribution in [0.2, 0.25) is 0 Å². The lowest BCUT2D eigenvalue weighted by Crippen LogP contribution is -2.39. The molecule has 10 heteroatoms. The molecule has 0 aliphatic carbocycles. The van der Waals surface area contributed by atoms with Crippen molar-refractivity contribution in [2.75, 3.05) is 6.61 Å². The van der Waals surface area contributed by atoms with Crippen LogP contribution in [0, 0.1) is 0 Å². The number of hydrogen-bond acceptors (Lipinski definition) is 6. The summed E-state index contributed by atoms with van der Waals surface area (Å²) in [4.78, 5) is 31.4. The molecular formula is C28H21F3N2O4S. The van der Waals surface area contributed by atoms with Crippen LogP contribution >= 0.6 is 11.3 Å². The molecule has 0 fully saturated rings. The van der Waals surface area contributed by atoms with E-state index in [4.69, 9.17) is 9.15 Å². The van der Waals surface area contributed by atoms with Crippen LogP contribution < -0.4 is 14.9 Å². The van der Waals surface area contributed by atoms with Crippen LogP contribution in [0.5, 0.6) is 0 Å². The largest absolute Gasteiger partial charge is 0.463 e. The van der Waals surface area contributed by atoms with E-state index in [1.807, 2.05) is 30.3 Å². The maximum Gasteiger partial charge on any atom is 0.416 e. The van der Waals surface area contributed by atoms with E-state index in [9.17, 15) is 22.8 Å². The van der Waals surface area contributed by atoms with E-state index in [0.29, 0.717) is 20.8 Å². The second kappa shape index (κ2) is 9.94. The highest BCUT2D eigenvalue weighted by molar-refractivity contribution is 7.07. The molecule has 0 bridgehead atoms. The zero-order valence-corrected chi connectivity index (χ0v) is 21.1. The number of carbonyl (C=O) groups is 1. The molecule has 2 aromatic carbocycles. The molecule has 0 saturated heterocycles. The van der Waals surface area contributed by atoms with Gasteiger partial charge in [-0.05, 0) is 43.7 Å². The van der Waals surface area contributed by atoms with Crippen LogP contribution in [-0.2, 0) is 15.7 Å². The Balaban J connectivity index is 1.60. The van der Waals surface area contributed by atoms with E-state index >= 15 is 0 Å². The molecule has 1 atom stereocenters. The van der Waals surface area contributed by atoms with E-state index in [1.54, 1.807) is 26.0 Å². The number of carbonyl (C=O) groups excluding carboxylic acids is 1. The van der Waals surface area contributed by atoms with Gasteiger partial charge in [0.25, 0.3) is 5.56 Å². The van der Waals surface area contributed by atoms with Crippen molar-refractivity contribution in [3.63, 3.8) is 0 Å². The molecule has 2 aromatic heterocycles. The van der Waals surface area contributed by atoms with Crippen LogP contribution in [-0.4, -0.2) is 17.1 Å². The van der Waals surface area contributed by atoms with Crippen LogP contribution in [0.1, 0.15) is 36.8 Å². The summed E-state index contributed by atoms with van der Waals surface area (Å²) in [5.41, 5.74) is 0.558. The molecule has 1 aliphatic rings. The standard InChI is InChI=1S/C28H21F3N2O4S/c1-3-36-26(35)23-16(2)32-27-33(24(23)17-8-5-4-6-9-17)25(34)22(38-27)15-20-12-13-21(37-20)18-10-7-11-19(14-18)28(29,30)31/h4-15,24H,3H2,1-2H3/b22-15-. The number of nitrogens with zero attached hydrogens (tertiary/aromatic N) is 2. The van der Waals surface area contributed by atoms with Gasteiger partial charge in [0.15, 0.2) is 4.80 Å². The molecule has 1 aliphatic heterocycles. The van der Waals surface area contributed by atoms with E-state index in [-0.39, 0.29) is 29.1 Å². The van der Waals surface area contributed by atoms with Gasteiger partial charge in [-0.2, -0.15) is 13.2 Å². The molecule has 0 N–H and O–H groups in total. The summed E-state index contributed by atoms with van der Waals surface area (Å²) in [6.45, 7) is 3.58. The second-order valence-electron chi connectivity index (χ2n) is 8.49. The topological polar surface area (TPSA) is 73.8 Å². The molecule has 5 rings (SSSR count). The number of benzene rings is 2. The number of allylic oxidation sites excluding steroid dienone is 1. The molecule has 0 radical (unpaired) electrons. The molecule has 0 spiro atoms. The van der Waals surface area contributed by atoms with Gasteiger partial charge in [0, 0.05) is 11.6 Å². The zero-order chi connectivity index (χ0) is 27.0. The van der Waals surface area contributed by atoms with Crippen LogP contribution in [0.3, 0.4) is 0 Å². The van der Waals surface area contributed by atoms with Crippen molar-refractivity contribution in [1.29, 1.82) is 0 Å². The van der Waals surface area contributed by atoms with Crippen LogP contribution in [0.25, 0.3) is 17.4 Å². The van der Waals surface area contributed by atoms with Crippen molar-refractivity contribution in [3.05, 3.63) is 115 Å². The van der Waals surface area contributed by atoms with Gasteiger partial charge in [0.2, 0.25) is 0 Å². The fourth-order valence-electron chi connectivity index (χ4n) is 4.31. The molecule has 1 unspecified atom stereocenters. The lowest BCUT2D eigenvalue weighted by Gasteiger charge is -2.24. The minimum absolute atomic E-state index is 0.175. The Hall–Kier alpha value is -4.18. The first-order valence-corrected chi connectivity index (χ1v) is 12.5. The molecule has 194 valence electrons. The maximum absolute atomic E-state index is 13.6. The smallest absolute Gasteiger partial charge is 0.416 e. The number of esters is 1. The number of hydrogen-bond donors (Lipinski definition) is 0. The molecule has 4 aromatic rings. The monoisotopic (exact) mass is 538 g/mol. The average molecular weight is 539 g/mol. The van der Waals surface area contributed by atoms with Crippen molar-refractivity contribution >= 4 is 23.4 Å². The quantitative estimate of drug-likeness (QED) is 0.333. The van der Waals surface area contributed by atoms with Gasteiger partial charge >= 0.3 is 12.1 Å². The van der Waals surface area contributed by atoms with E-state index < -0.39 is 23.8 Å². The molecule has 38 heavy (non-hydrogen) atoms. The molecule has 0 saturated carbocycles. The van der Waals surface area contributed by atoms with Crippen molar-refractivity contribution in [2.24, 2.45) is 4.99 Å². The SMILES string of the molecule is CCOC(=O)C1=C(C)N=c2s/c(=C\c3ccc(-c4cccc(C(F)(F)F)c4)o3)c(=O)n2C1c1ccccc1. The van der Waals surface area contributed by atoms with Gasteiger partial charge in [-0.3, -0.25) is 9.36 Å². The Morgan fingerprint density at radius 2 is 1.89 bits per heavy atom. The van der Waals surface area contributed by atoms with Crippen molar-refractivity contribution in [1.82, 2.24) is 4.57 Å². The average Bonchev–Trinajstić information content (AvgIpc) is 3.48. The number of aromatic nitrogens is 1. The number of fused-ring (bicyclic) bond motifs is 1. The zero-order valence-electron chi connectivity index (χ0n) is 20.3. The highest BCUT2D eigenvalue weighted by atomic mass is 32.1. The Morgan fingerprint density at radius 3 is 2.61 bits per heavy atom. The summed E-state index contributed by atoms with van der Waals surface area (Å²) in [6.07, 6.45) is -2.96. The van der Waals surface area contributed by atoms with E-state index in [2.05, 4.69) is 4.99 Å². The lowest BCUT2D eigenvalue weighted by atomic mass is 9.96. The highest BCUT2D eigenvalue weighted by Crippen LogP contribution is 2.33. The number of furan rings is 1. The summed E-state index contributed by atoms with van der Waals surface area (Å²) in [7, 11) is 0. The third-order valence-corrected chi connectivity index (χ3v) is 6.99. The minimum atomic E-state index is -4.48. The van der Waals surface area contributed by atoms with Crippen molar-refractivity contribution in [2.45, 2.75) is 26.1 Å². The van der Waals surface area contributed by atoms with Gasteiger partial charge in [-0.15, -0.1) is 0 Å². The summed E-state index contributed by atoms with van der Waals surface area (Å²) < 4.78 is 52.2. The molecule has 0 amide bonds. The fraction of sp³-hybridized carbons (Fsp3) is 0.179. The van der Waals surface area contributed by atoms with Crippen molar-refractivity contribution < 1.29 is 27.1 Å². The summed E-state index contributed by atoms with van der Waals surface area (Å²) >= 11 is 1.13. The van der Waals surface area contributed by atoms with Crippen LogP contribution in [0.4, 0.5) is 13.2 Å². The van der Waals surface area contributed by atoms with Gasteiger partial charge in [-0.25, -0.2) is 9.79 Å². The summed E-state index contributed by atoms with van der Waals surface area (Å²) in [5, 5.41) is 0. The molecule has 3 heterocycles. The van der Waals surface area contributed by atoms with E-state index in [0.717, 1.165) is 29.0 Å². The number of rotatable bonds is 5. The minimum Gasteiger partial charge on any atom is -0.463 e. The normalized spacial score (nSPS) is 15.8. The van der Waals surface area contributed by atoms with Gasteiger partial charge in [0.05, 0.1) is 34.0 Å². The fourth-order valence-corrected chi connectivity index (χ4v) is 5.33. The maximum atomic E-state index is 13.6. The second-order valence-corrected chi connectivity index (χ2v) is 9.50. The summed E-state index contributed by atoms with van der Waals surface area (Å²) in [6, 6.07) is 16.4. The third-order valence-electron chi connectivity index (χ3n) is 6.01. The Bertz CT molecular complexity index is 1730. The summed E-state index contributed by atoms with van der Waals surface area (Å²) in [5.74, 6) is -0.0216. The van der Waals surface area contributed by atoms with Gasteiger partial charge in [0.1, 0.15) is 11.5 Å². The first-order chi connectivity index (χ1) is 18.2. The number of alkyl halides is 3. The predicted octanol–water partition coefficient (Wildman–Crippen LogP) is 5.08. The van der Waals surface area contributed by atoms with Crippen LogP contribution in [0.15, 0.2) is 92.2 Å². The van der Waals surface area contributed by atoms with E-state index in [1.165, 1.54) is 22.8 Å². The third kappa shape index (κ3) is 4.74. The Morgan fingerprint density at radius 1 is 1.13 bits per heavy atom. The first-order valence-electron chi connectivity index (χ1n) is 11.7. The predicted molar refractivity (Wildman–Crippen MR) is 136 cm³/mol. The number of thiazole rings is 1. The van der Waals surface area contributed by atoms with Crippen molar-refractivity contribution in [3.8, 4) is 11.3 Å². The highest BCUT2D eigenvalue weighted by Gasteiger charge is 2.33.